The molecule has 0 N–H and O–H groups in total. The Morgan fingerprint density at radius 1 is 0.696 bits per heavy atom. The minimum Gasteiger partial charge on any atom is -0.420 e. The Morgan fingerprint density at radius 2 is 1.09 bits per heavy atom. The Labute approximate surface area is 115 Å². The van der Waals surface area contributed by atoms with Gasteiger partial charge in [-0.1, -0.05) is 0 Å². The molecule has 136 valence electrons. The zero-order valence-corrected chi connectivity index (χ0v) is 9.70. The molecular formula is C8F14O. The van der Waals surface area contributed by atoms with Crippen LogP contribution in [0.5, 0.6) is 0 Å². The zero-order valence-electron chi connectivity index (χ0n) is 9.70. The minimum atomic E-state index is -7.90. The van der Waals surface area contributed by atoms with Crippen LogP contribution in [-0.2, 0) is 4.74 Å². The van der Waals surface area contributed by atoms with Crippen molar-refractivity contribution < 1.29 is 66.2 Å². The largest absolute Gasteiger partial charge is 0.460 e. The Kier molecular flexibility index (Phi) is 3.88. The van der Waals surface area contributed by atoms with E-state index in [1.54, 1.807) is 0 Å². The maximum absolute atomic E-state index is 13.4. The van der Waals surface area contributed by atoms with Crippen molar-refractivity contribution in [2.24, 2.45) is 0 Å². The molecule has 0 aromatic heterocycles. The summed E-state index contributed by atoms with van der Waals surface area (Å²) in [5.74, 6) is -40.7. The van der Waals surface area contributed by atoms with E-state index in [1.165, 1.54) is 0 Å². The number of rotatable bonds is 3. The van der Waals surface area contributed by atoms with Gasteiger partial charge in [0.2, 0.25) is 5.83 Å². The SMILES string of the molecule is FC1=C(F)C(F)(F)C(F)(C(F)(F)C(F)(F)C(F)(F)C(F)(F)F)O1. The van der Waals surface area contributed by atoms with E-state index in [9.17, 15) is 61.5 Å². The summed E-state index contributed by atoms with van der Waals surface area (Å²) in [6.07, 6.45) is -7.45. The molecule has 0 fully saturated rings. The van der Waals surface area contributed by atoms with Crippen LogP contribution in [0.15, 0.2) is 11.8 Å². The van der Waals surface area contributed by atoms with Gasteiger partial charge < -0.3 is 4.74 Å². The Bertz CT molecular complexity index is 529. The van der Waals surface area contributed by atoms with Crippen molar-refractivity contribution in [3.8, 4) is 0 Å². The van der Waals surface area contributed by atoms with E-state index < -0.39 is 47.6 Å². The van der Waals surface area contributed by atoms with E-state index in [2.05, 4.69) is 4.74 Å². The van der Waals surface area contributed by atoms with E-state index in [4.69, 9.17) is 0 Å². The lowest BCUT2D eigenvalue weighted by atomic mass is 9.93. The third-order valence-corrected chi connectivity index (χ3v) is 2.63. The average Bonchev–Trinajstić information content (AvgIpc) is 2.49. The van der Waals surface area contributed by atoms with Crippen molar-refractivity contribution in [1.82, 2.24) is 0 Å². The van der Waals surface area contributed by atoms with Gasteiger partial charge in [-0.2, -0.15) is 61.5 Å². The molecule has 0 amide bonds. The van der Waals surface area contributed by atoms with Crippen LogP contribution in [0.4, 0.5) is 61.5 Å². The van der Waals surface area contributed by atoms with E-state index >= 15 is 0 Å². The molecule has 1 nitrogen and oxygen atoms in total. The quantitative estimate of drug-likeness (QED) is 0.636. The maximum atomic E-state index is 13.4. The number of alkyl halides is 12. The molecule has 1 aliphatic rings. The summed E-state index contributed by atoms with van der Waals surface area (Å²) < 4.78 is 178. The van der Waals surface area contributed by atoms with E-state index in [-0.39, 0.29) is 0 Å². The van der Waals surface area contributed by atoms with Gasteiger partial charge in [-0.15, -0.1) is 0 Å². The van der Waals surface area contributed by atoms with Gasteiger partial charge in [-0.3, -0.25) is 0 Å². The Hall–Kier alpha value is -1.44. The summed E-state index contributed by atoms with van der Waals surface area (Å²) in [4.78, 5) is 0. The van der Waals surface area contributed by atoms with Crippen LogP contribution in [0.25, 0.3) is 0 Å². The molecule has 1 unspecified atom stereocenters. The van der Waals surface area contributed by atoms with Gasteiger partial charge in [-0.25, -0.2) is 0 Å². The van der Waals surface area contributed by atoms with Crippen LogP contribution in [0.1, 0.15) is 0 Å². The highest BCUT2D eigenvalue weighted by atomic mass is 19.4. The molecule has 0 aromatic carbocycles. The van der Waals surface area contributed by atoms with Gasteiger partial charge in [0, 0.05) is 0 Å². The van der Waals surface area contributed by atoms with Gasteiger partial charge in [0.25, 0.3) is 0 Å². The van der Waals surface area contributed by atoms with Gasteiger partial charge in [0.15, 0.2) is 0 Å². The molecule has 0 aromatic rings. The first kappa shape index (κ1) is 19.6. The van der Waals surface area contributed by atoms with Crippen molar-refractivity contribution in [2.45, 2.75) is 35.7 Å². The molecule has 0 bridgehead atoms. The highest BCUT2D eigenvalue weighted by molar-refractivity contribution is 5.24. The number of ether oxygens (including phenoxy) is 1. The van der Waals surface area contributed by atoms with Gasteiger partial charge in [0.1, 0.15) is 0 Å². The molecule has 0 spiro atoms. The first-order valence-corrected chi connectivity index (χ1v) is 4.80. The van der Waals surface area contributed by atoms with Crippen molar-refractivity contribution in [2.75, 3.05) is 0 Å². The van der Waals surface area contributed by atoms with E-state index in [0.29, 0.717) is 0 Å². The smallest absolute Gasteiger partial charge is 0.420 e. The lowest BCUT2D eigenvalue weighted by Crippen LogP contribution is -2.71. The lowest BCUT2D eigenvalue weighted by molar-refractivity contribution is -0.446. The van der Waals surface area contributed by atoms with Gasteiger partial charge in [0.05, 0.1) is 0 Å². The molecule has 0 radical (unpaired) electrons. The van der Waals surface area contributed by atoms with Gasteiger partial charge >= 0.3 is 41.7 Å². The Morgan fingerprint density at radius 3 is 1.35 bits per heavy atom. The van der Waals surface area contributed by atoms with Crippen LogP contribution in [0.3, 0.4) is 0 Å². The second-order valence-electron chi connectivity index (χ2n) is 4.08. The van der Waals surface area contributed by atoms with Crippen molar-refractivity contribution >= 4 is 0 Å². The minimum absolute atomic E-state index is 2.23. The van der Waals surface area contributed by atoms with Crippen molar-refractivity contribution in [3.63, 3.8) is 0 Å². The monoisotopic (exact) mass is 378 g/mol. The second-order valence-corrected chi connectivity index (χ2v) is 4.08. The molecule has 1 rings (SSSR count). The van der Waals surface area contributed by atoms with Gasteiger partial charge in [-0.05, 0) is 0 Å². The highest BCUT2D eigenvalue weighted by Gasteiger charge is 2.93. The number of hydrogen-bond donors (Lipinski definition) is 0. The van der Waals surface area contributed by atoms with Crippen LogP contribution >= 0.6 is 0 Å². The molecule has 23 heavy (non-hydrogen) atoms. The van der Waals surface area contributed by atoms with Crippen LogP contribution in [0, 0.1) is 0 Å². The van der Waals surface area contributed by atoms with Crippen LogP contribution < -0.4 is 0 Å². The summed E-state index contributed by atoms with van der Waals surface area (Å²) in [6.45, 7) is 0. The number of hydrogen-bond acceptors (Lipinski definition) is 1. The predicted octanol–water partition coefficient (Wildman–Crippen LogP) is 4.89. The summed E-state index contributed by atoms with van der Waals surface area (Å²) in [6, 6.07) is -3.52. The standard InChI is InChI=1S/C8F14O/c9-1-2(10)23-7(19,3(1,11)12)5(15,16)4(13,14)6(17,18)8(20,21)22. The average molecular weight is 378 g/mol. The maximum Gasteiger partial charge on any atom is 0.460 e. The molecule has 15 heteroatoms. The third kappa shape index (κ3) is 2.07. The molecule has 0 aliphatic carbocycles. The zero-order chi connectivity index (χ0) is 18.9. The van der Waals surface area contributed by atoms with E-state index in [0.717, 1.165) is 0 Å². The molecule has 1 aliphatic heterocycles. The molecule has 0 saturated heterocycles. The third-order valence-electron chi connectivity index (χ3n) is 2.63. The fourth-order valence-corrected chi connectivity index (χ4v) is 1.34. The van der Waals surface area contributed by atoms with Crippen LogP contribution in [0.2, 0.25) is 0 Å². The Balaban J connectivity index is 3.54. The summed E-state index contributed by atoms with van der Waals surface area (Å²) in [5, 5.41) is 0. The summed E-state index contributed by atoms with van der Waals surface area (Å²) >= 11 is 0. The first-order chi connectivity index (χ1) is 9.79. The predicted molar refractivity (Wildman–Crippen MR) is 40.0 cm³/mol. The molecule has 1 heterocycles. The van der Waals surface area contributed by atoms with E-state index in [1.807, 2.05) is 0 Å². The summed E-state index contributed by atoms with van der Waals surface area (Å²) in [5.41, 5.74) is 0. The topological polar surface area (TPSA) is 9.23 Å². The lowest BCUT2D eigenvalue weighted by Gasteiger charge is -2.39. The second kappa shape index (κ2) is 4.55. The molecule has 0 saturated carbocycles. The first-order valence-electron chi connectivity index (χ1n) is 4.80. The molecular weight excluding hydrogens is 378 g/mol. The van der Waals surface area contributed by atoms with Crippen LogP contribution in [-0.4, -0.2) is 35.7 Å². The normalized spacial score (nSPS) is 26.5. The number of halogens is 14. The fraction of sp³-hybridized carbons (Fsp3) is 0.750. The molecule has 1 atom stereocenters. The highest BCUT2D eigenvalue weighted by Crippen LogP contribution is 2.63. The van der Waals surface area contributed by atoms with Crippen molar-refractivity contribution in [1.29, 1.82) is 0 Å². The van der Waals surface area contributed by atoms with Crippen molar-refractivity contribution in [3.05, 3.63) is 11.8 Å². The summed E-state index contributed by atoms with van der Waals surface area (Å²) in [7, 11) is 0. The fourth-order valence-electron chi connectivity index (χ4n) is 1.34.